The number of rotatable bonds is 7. The largest absolute Gasteiger partial charge is 0.243 e. The molecule has 128 valence electrons. The van der Waals surface area contributed by atoms with Crippen LogP contribution in [0, 0.1) is 12.8 Å². The van der Waals surface area contributed by atoms with Crippen LogP contribution in [-0.4, -0.2) is 33.9 Å². The molecule has 0 N–H and O–H groups in total. The zero-order valence-electron chi connectivity index (χ0n) is 14.6. The highest BCUT2D eigenvalue weighted by atomic mass is 32.2. The van der Waals surface area contributed by atoms with Crippen LogP contribution < -0.4 is 0 Å². The van der Waals surface area contributed by atoms with Gasteiger partial charge in [0.1, 0.15) is 0 Å². The Bertz CT molecular complexity index is 637. The summed E-state index contributed by atoms with van der Waals surface area (Å²) in [6.45, 7) is 11.9. The molecule has 1 atom stereocenters. The lowest BCUT2D eigenvalue weighted by atomic mass is 10.1. The molecule has 1 aliphatic rings. The quantitative estimate of drug-likeness (QED) is 0.543. The average molecular weight is 352 g/mol. The van der Waals surface area contributed by atoms with Crippen molar-refractivity contribution in [3.05, 3.63) is 42.5 Å². The third kappa shape index (κ3) is 4.78. The van der Waals surface area contributed by atoms with Crippen LogP contribution in [0.5, 0.6) is 0 Å². The Hall–Kier alpha value is -0.913. The highest BCUT2D eigenvalue weighted by molar-refractivity contribution is 7.89. The zero-order chi connectivity index (χ0) is 17.1. The molecule has 5 heteroatoms. The van der Waals surface area contributed by atoms with Crippen molar-refractivity contribution in [3.63, 3.8) is 0 Å². The van der Waals surface area contributed by atoms with Crippen molar-refractivity contribution in [2.45, 2.75) is 49.8 Å². The molecule has 1 aromatic carbocycles. The van der Waals surface area contributed by atoms with Gasteiger partial charge in [0.15, 0.2) is 0 Å². The lowest BCUT2D eigenvalue weighted by molar-refractivity contribution is 0.452. The van der Waals surface area contributed by atoms with Gasteiger partial charge in [0.25, 0.3) is 0 Å². The highest BCUT2D eigenvalue weighted by Crippen LogP contribution is 2.30. The minimum absolute atomic E-state index is 0.421. The molecule has 0 amide bonds. The predicted octanol–water partition coefficient (Wildman–Crippen LogP) is 4.29. The second-order valence-corrected chi connectivity index (χ2v) is 14.7. The van der Waals surface area contributed by atoms with Gasteiger partial charge in [0, 0.05) is 13.1 Å². The van der Waals surface area contributed by atoms with Crippen LogP contribution in [0.1, 0.15) is 18.4 Å². The number of benzene rings is 1. The van der Waals surface area contributed by atoms with Crippen molar-refractivity contribution >= 4 is 18.1 Å². The van der Waals surface area contributed by atoms with Crippen molar-refractivity contribution in [2.75, 3.05) is 13.1 Å². The van der Waals surface area contributed by atoms with Crippen LogP contribution in [0.3, 0.4) is 0 Å². The SMILES string of the molecule is C=CC[Si](C)(C)CCC1CCN(S(=O)(=O)c2ccc(C)cc2)C1. The number of aryl methyl sites for hydroxylation is 1. The Morgan fingerprint density at radius 2 is 1.96 bits per heavy atom. The van der Waals surface area contributed by atoms with Crippen LogP contribution in [0.4, 0.5) is 0 Å². The minimum Gasteiger partial charge on any atom is -0.207 e. The number of hydrogen-bond acceptors (Lipinski definition) is 2. The van der Waals surface area contributed by atoms with Crippen LogP contribution in [0.25, 0.3) is 0 Å². The molecule has 3 nitrogen and oxygen atoms in total. The zero-order valence-corrected chi connectivity index (χ0v) is 16.4. The van der Waals surface area contributed by atoms with Gasteiger partial charge in [-0.2, -0.15) is 4.31 Å². The van der Waals surface area contributed by atoms with E-state index in [1.807, 2.05) is 25.1 Å². The Morgan fingerprint density at radius 1 is 1.30 bits per heavy atom. The number of allylic oxidation sites excluding steroid dienone is 1. The van der Waals surface area contributed by atoms with Gasteiger partial charge >= 0.3 is 0 Å². The molecule has 1 aliphatic heterocycles. The van der Waals surface area contributed by atoms with Crippen molar-refractivity contribution in [1.29, 1.82) is 0 Å². The highest BCUT2D eigenvalue weighted by Gasteiger charge is 2.33. The van der Waals surface area contributed by atoms with Crippen molar-refractivity contribution < 1.29 is 8.42 Å². The van der Waals surface area contributed by atoms with Gasteiger partial charge in [-0.15, -0.1) is 6.58 Å². The molecule has 0 radical (unpaired) electrons. The normalized spacial score (nSPS) is 19.9. The van der Waals surface area contributed by atoms with Crippen LogP contribution >= 0.6 is 0 Å². The van der Waals surface area contributed by atoms with E-state index in [2.05, 4.69) is 19.7 Å². The fourth-order valence-corrected chi connectivity index (χ4v) is 6.90. The average Bonchev–Trinajstić information content (AvgIpc) is 2.95. The Labute approximate surface area is 142 Å². The minimum atomic E-state index is -3.32. The van der Waals surface area contributed by atoms with E-state index >= 15 is 0 Å². The van der Waals surface area contributed by atoms with E-state index < -0.39 is 18.1 Å². The third-order valence-corrected chi connectivity index (χ3v) is 9.75. The summed E-state index contributed by atoms with van der Waals surface area (Å²) < 4.78 is 27.1. The molecule has 0 spiro atoms. The summed E-state index contributed by atoms with van der Waals surface area (Å²) in [5, 5.41) is 0. The lowest BCUT2D eigenvalue weighted by Gasteiger charge is -2.22. The first-order chi connectivity index (χ1) is 10.7. The van der Waals surface area contributed by atoms with Gasteiger partial charge in [0.05, 0.1) is 13.0 Å². The van der Waals surface area contributed by atoms with E-state index in [-0.39, 0.29) is 0 Å². The number of hydrogen-bond donors (Lipinski definition) is 0. The first kappa shape index (κ1) is 18.4. The monoisotopic (exact) mass is 351 g/mol. The summed E-state index contributed by atoms with van der Waals surface area (Å²) in [6, 6.07) is 9.57. The van der Waals surface area contributed by atoms with E-state index in [0.29, 0.717) is 23.9 Å². The lowest BCUT2D eigenvalue weighted by Crippen LogP contribution is -2.29. The number of sulfonamides is 1. The molecule has 2 rings (SSSR count). The summed E-state index contributed by atoms with van der Waals surface area (Å²) in [7, 11) is -4.52. The Balaban J connectivity index is 1.96. The van der Waals surface area contributed by atoms with E-state index in [4.69, 9.17) is 0 Å². The second kappa shape index (κ2) is 7.32. The molecule has 1 fully saturated rings. The molecule has 23 heavy (non-hydrogen) atoms. The van der Waals surface area contributed by atoms with Crippen LogP contribution in [-0.2, 0) is 10.0 Å². The fourth-order valence-electron chi connectivity index (χ4n) is 3.20. The topological polar surface area (TPSA) is 37.4 Å². The first-order valence-electron chi connectivity index (χ1n) is 8.42. The smallest absolute Gasteiger partial charge is 0.207 e. The van der Waals surface area contributed by atoms with Gasteiger partial charge in [-0.1, -0.05) is 49.3 Å². The summed E-state index contributed by atoms with van der Waals surface area (Å²) in [5.74, 6) is 0.506. The molecule has 0 bridgehead atoms. The van der Waals surface area contributed by atoms with Crippen LogP contribution in [0.2, 0.25) is 25.2 Å². The second-order valence-electron chi connectivity index (χ2n) is 7.53. The van der Waals surface area contributed by atoms with Gasteiger partial charge in [-0.05, 0) is 37.4 Å². The first-order valence-corrected chi connectivity index (χ1v) is 13.3. The molecular formula is C18H29NO2SSi. The molecular weight excluding hydrogens is 322 g/mol. The van der Waals surface area contributed by atoms with E-state index in [9.17, 15) is 8.42 Å². The van der Waals surface area contributed by atoms with Crippen LogP contribution in [0.15, 0.2) is 41.8 Å². The van der Waals surface area contributed by atoms with Gasteiger partial charge in [-0.25, -0.2) is 8.42 Å². The van der Waals surface area contributed by atoms with Gasteiger partial charge < -0.3 is 0 Å². The molecule has 1 unspecified atom stereocenters. The molecule has 0 aromatic heterocycles. The molecule has 1 saturated heterocycles. The van der Waals surface area contributed by atoms with E-state index in [0.717, 1.165) is 24.4 Å². The van der Waals surface area contributed by atoms with E-state index in [1.165, 1.54) is 6.04 Å². The molecule has 1 aromatic rings. The maximum atomic E-state index is 12.7. The molecule has 0 aliphatic carbocycles. The van der Waals surface area contributed by atoms with Gasteiger partial charge in [-0.3, -0.25) is 0 Å². The summed E-state index contributed by atoms with van der Waals surface area (Å²) in [6.07, 6.45) is 4.17. The molecule has 0 saturated carbocycles. The number of nitrogens with zero attached hydrogens (tertiary/aromatic N) is 1. The summed E-state index contributed by atoms with van der Waals surface area (Å²) in [4.78, 5) is 0.421. The summed E-state index contributed by atoms with van der Waals surface area (Å²) >= 11 is 0. The summed E-state index contributed by atoms with van der Waals surface area (Å²) in [5.41, 5.74) is 1.08. The maximum absolute atomic E-state index is 12.7. The van der Waals surface area contributed by atoms with Crippen molar-refractivity contribution in [3.8, 4) is 0 Å². The third-order valence-electron chi connectivity index (χ3n) is 4.83. The fraction of sp³-hybridized carbons (Fsp3) is 0.556. The molecule has 1 heterocycles. The van der Waals surface area contributed by atoms with Crippen molar-refractivity contribution in [1.82, 2.24) is 4.31 Å². The Morgan fingerprint density at radius 3 is 2.57 bits per heavy atom. The van der Waals surface area contributed by atoms with Gasteiger partial charge in [0.2, 0.25) is 10.0 Å². The maximum Gasteiger partial charge on any atom is 0.243 e. The predicted molar refractivity (Wildman–Crippen MR) is 100.0 cm³/mol. The standard InChI is InChI=1S/C18H29NO2SSi/c1-5-13-23(3,4)14-11-17-10-12-19(15-17)22(20,21)18-8-6-16(2)7-9-18/h5-9,17H,1,10-15H2,2-4H3. The Kier molecular flexibility index (Phi) is 5.87. The van der Waals surface area contributed by atoms with Crippen molar-refractivity contribution in [2.24, 2.45) is 5.92 Å². The van der Waals surface area contributed by atoms with E-state index in [1.54, 1.807) is 16.4 Å².